The molecule has 26 heavy (non-hydrogen) atoms. The highest BCUT2D eigenvalue weighted by molar-refractivity contribution is 6.30. The number of amides is 2. The molecule has 0 aliphatic heterocycles. The lowest BCUT2D eigenvalue weighted by Crippen LogP contribution is -2.45. The van der Waals surface area contributed by atoms with E-state index >= 15 is 0 Å². The zero-order valence-electron chi connectivity index (χ0n) is 13.9. The Labute approximate surface area is 154 Å². The molecule has 1 fully saturated rings. The minimum Gasteiger partial charge on any atom is -0.317 e. The first-order valence-corrected chi connectivity index (χ1v) is 8.70. The van der Waals surface area contributed by atoms with Crippen LogP contribution < -0.4 is 5.32 Å². The molecule has 2 aromatic carbocycles. The van der Waals surface area contributed by atoms with E-state index in [1.807, 2.05) is 0 Å². The van der Waals surface area contributed by atoms with Gasteiger partial charge >= 0.3 is 12.2 Å². The summed E-state index contributed by atoms with van der Waals surface area (Å²) in [6.07, 6.45) is -1.68. The molecule has 2 aromatic rings. The van der Waals surface area contributed by atoms with E-state index in [1.165, 1.54) is 6.07 Å². The highest BCUT2D eigenvalue weighted by Gasteiger charge is 2.32. The van der Waals surface area contributed by atoms with Gasteiger partial charge in [-0.25, -0.2) is 4.79 Å². The summed E-state index contributed by atoms with van der Waals surface area (Å²) in [7, 11) is 0. The predicted molar refractivity (Wildman–Crippen MR) is 95.1 cm³/mol. The molecule has 0 unspecified atom stereocenters. The Hall–Kier alpha value is -2.21. The zero-order valence-corrected chi connectivity index (χ0v) is 14.6. The van der Waals surface area contributed by atoms with Crippen molar-refractivity contribution in [2.24, 2.45) is 0 Å². The highest BCUT2D eigenvalue weighted by atomic mass is 35.5. The van der Waals surface area contributed by atoms with Crippen LogP contribution >= 0.6 is 11.6 Å². The minimum atomic E-state index is -4.40. The molecule has 0 aromatic heterocycles. The van der Waals surface area contributed by atoms with Crippen LogP contribution in [0.4, 0.5) is 23.7 Å². The fraction of sp³-hybridized carbons (Fsp3) is 0.316. The van der Waals surface area contributed by atoms with Gasteiger partial charge in [-0.05, 0) is 61.2 Å². The van der Waals surface area contributed by atoms with Gasteiger partial charge in [0.15, 0.2) is 0 Å². The van der Waals surface area contributed by atoms with Crippen LogP contribution in [0.2, 0.25) is 5.02 Å². The van der Waals surface area contributed by atoms with Gasteiger partial charge in [0.1, 0.15) is 0 Å². The van der Waals surface area contributed by atoms with Gasteiger partial charge in [0.05, 0.1) is 5.56 Å². The van der Waals surface area contributed by atoms with Gasteiger partial charge < -0.3 is 10.2 Å². The lowest BCUT2D eigenvalue weighted by atomic mass is 9.91. The molecule has 1 saturated carbocycles. The van der Waals surface area contributed by atoms with Gasteiger partial charge in [0.2, 0.25) is 0 Å². The summed E-state index contributed by atoms with van der Waals surface area (Å²) < 4.78 is 38.7. The van der Waals surface area contributed by atoms with Gasteiger partial charge in [-0.1, -0.05) is 23.7 Å². The summed E-state index contributed by atoms with van der Waals surface area (Å²) in [6, 6.07) is 11.5. The Kier molecular flexibility index (Phi) is 5.41. The Morgan fingerprint density at radius 1 is 1.15 bits per heavy atom. The first-order valence-electron chi connectivity index (χ1n) is 8.32. The molecule has 0 atom stereocenters. The third-order valence-electron chi connectivity index (χ3n) is 4.48. The van der Waals surface area contributed by atoms with Crippen molar-refractivity contribution in [2.75, 3.05) is 5.32 Å². The zero-order chi connectivity index (χ0) is 18.7. The van der Waals surface area contributed by atoms with Crippen LogP contribution in [-0.2, 0) is 12.7 Å². The molecule has 0 bridgehead atoms. The number of nitrogens with zero attached hydrogens (tertiary/aromatic N) is 1. The summed E-state index contributed by atoms with van der Waals surface area (Å²) in [5.74, 6) is 0. The normalized spacial score (nSPS) is 14.6. The third kappa shape index (κ3) is 4.49. The fourth-order valence-corrected chi connectivity index (χ4v) is 2.96. The molecule has 0 saturated heterocycles. The van der Waals surface area contributed by atoms with E-state index in [1.54, 1.807) is 35.2 Å². The Morgan fingerprint density at radius 3 is 2.42 bits per heavy atom. The smallest absolute Gasteiger partial charge is 0.317 e. The number of halogens is 4. The van der Waals surface area contributed by atoms with E-state index in [-0.39, 0.29) is 18.6 Å². The number of hydrogen-bond acceptors (Lipinski definition) is 1. The van der Waals surface area contributed by atoms with Crippen molar-refractivity contribution in [1.82, 2.24) is 4.90 Å². The maximum absolute atomic E-state index is 12.9. The summed E-state index contributed by atoms with van der Waals surface area (Å²) in [5.41, 5.74) is 0.340. The largest absolute Gasteiger partial charge is 0.416 e. The standard InChI is InChI=1S/C19H18ClF3N2O/c20-15-7-9-16(10-8-15)24-18(26)25(17-5-2-6-17)12-13-3-1-4-14(11-13)19(21,22)23/h1,3-4,7-11,17H,2,5-6,12H2,(H,24,26). The van der Waals surface area contributed by atoms with Crippen molar-refractivity contribution in [3.05, 3.63) is 64.7 Å². The van der Waals surface area contributed by atoms with Gasteiger partial charge in [-0.3, -0.25) is 0 Å². The number of carbonyl (C=O) groups excluding carboxylic acids is 1. The second kappa shape index (κ2) is 7.58. The molecule has 1 N–H and O–H groups in total. The number of hydrogen-bond donors (Lipinski definition) is 1. The van der Waals surface area contributed by atoms with E-state index in [0.717, 1.165) is 31.4 Å². The number of carbonyl (C=O) groups is 1. The van der Waals surface area contributed by atoms with E-state index in [9.17, 15) is 18.0 Å². The molecule has 0 radical (unpaired) electrons. The van der Waals surface area contributed by atoms with Crippen LogP contribution in [0.3, 0.4) is 0 Å². The van der Waals surface area contributed by atoms with E-state index in [4.69, 9.17) is 11.6 Å². The van der Waals surface area contributed by atoms with Crippen molar-refractivity contribution >= 4 is 23.3 Å². The molecule has 3 rings (SSSR count). The molecule has 1 aliphatic carbocycles. The Balaban J connectivity index is 1.76. The van der Waals surface area contributed by atoms with E-state index in [0.29, 0.717) is 16.3 Å². The van der Waals surface area contributed by atoms with Gasteiger partial charge in [-0.2, -0.15) is 13.2 Å². The van der Waals surface area contributed by atoms with Crippen molar-refractivity contribution in [2.45, 2.75) is 38.0 Å². The summed E-state index contributed by atoms with van der Waals surface area (Å²) in [5, 5.41) is 3.35. The number of alkyl halides is 3. The fourth-order valence-electron chi connectivity index (χ4n) is 2.84. The van der Waals surface area contributed by atoms with Crippen LogP contribution in [0.5, 0.6) is 0 Å². The molecule has 0 spiro atoms. The molecular weight excluding hydrogens is 365 g/mol. The van der Waals surface area contributed by atoms with Crippen molar-refractivity contribution in [3.8, 4) is 0 Å². The summed E-state index contributed by atoms with van der Waals surface area (Å²) >= 11 is 5.84. The highest BCUT2D eigenvalue weighted by Crippen LogP contribution is 2.31. The first kappa shape index (κ1) is 18.6. The average molecular weight is 383 g/mol. The molecule has 3 nitrogen and oxygen atoms in total. The van der Waals surface area contributed by atoms with Gasteiger partial charge in [-0.15, -0.1) is 0 Å². The second-order valence-corrected chi connectivity index (χ2v) is 6.78. The maximum Gasteiger partial charge on any atom is 0.416 e. The van der Waals surface area contributed by atoms with Crippen LogP contribution in [0.25, 0.3) is 0 Å². The quantitative estimate of drug-likeness (QED) is 0.696. The summed E-state index contributed by atoms with van der Waals surface area (Å²) in [4.78, 5) is 14.3. The predicted octanol–water partition coefficient (Wildman–Crippen LogP) is 5.95. The Morgan fingerprint density at radius 2 is 1.85 bits per heavy atom. The number of rotatable bonds is 4. The molecule has 138 valence electrons. The molecule has 1 aliphatic rings. The van der Waals surface area contributed by atoms with E-state index in [2.05, 4.69) is 5.32 Å². The number of anilines is 1. The topological polar surface area (TPSA) is 32.3 Å². The van der Waals surface area contributed by atoms with E-state index < -0.39 is 11.7 Å². The number of urea groups is 1. The second-order valence-electron chi connectivity index (χ2n) is 6.35. The molecule has 2 amide bonds. The minimum absolute atomic E-state index is 0.0387. The molecule has 7 heteroatoms. The van der Waals surface area contributed by atoms with Crippen LogP contribution in [0, 0.1) is 0 Å². The van der Waals surface area contributed by atoms with Gasteiger partial charge in [0.25, 0.3) is 0 Å². The van der Waals surface area contributed by atoms with Crippen molar-refractivity contribution in [3.63, 3.8) is 0 Å². The van der Waals surface area contributed by atoms with Crippen molar-refractivity contribution in [1.29, 1.82) is 0 Å². The summed E-state index contributed by atoms with van der Waals surface area (Å²) in [6.45, 7) is 0.133. The van der Waals surface area contributed by atoms with Crippen LogP contribution in [0.15, 0.2) is 48.5 Å². The lowest BCUT2D eigenvalue weighted by Gasteiger charge is -2.37. The van der Waals surface area contributed by atoms with Gasteiger partial charge in [0, 0.05) is 23.3 Å². The number of nitrogens with one attached hydrogen (secondary N) is 1. The third-order valence-corrected chi connectivity index (χ3v) is 4.73. The van der Waals surface area contributed by atoms with Crippen LogP contribution in [0.1, 0.15) is 30.4 Å². The SMILES string of the molecule is O=C(Nc1ccc(Cl)cc1)N(Cc1cccc(C(F)(F)F)c1)C1CCC1. The monoisotopic (exact) mass is 382 g/mol. The lowest BCUT2D eigenvalue weighted by molar-refractivity contribution is -0.137. The molecular formula is C19H18ClF3N2O. The number of benzene rings is 2. The van der Waals surface area contributed by atoms with Crippen molar-refractivity contribution < 1.29 is 18.0 Å². The maximum atomic E-state index is 12.9. The Bertz CT molecular complexity index is 773. The van der Waals surface area contributed by atoms with Crippen LogP contribution in [-0.4, -0.2) is 17.0 Å². The molecule has 0 heterocycles. The first-order chi connectivity index (χ1) is 12.3. The average Bonchev–Trinajstić information content (AvgIpc) is 2.54.